The summed E-state index contributed by atoms with van der Waals surface area (Å²) in [6.45, 7) is 3.48. The van der Waals surface area contributed by atoms with Crippen LogP contribution in [0.5, 0.6) is 0 Å². The Kier molecular flexibility index (Phi) is 4.57. The number of allylic oxidation sites excluding steroid dienone is 4. The number of carbonyl (C=O) groups excluding carboxylic acids is 1. The van der Waals surface area contributed by atoms with Gasteiger partial charge < -0.3 is 14.9 Å². The van der Waals surface area contributed by atoms with E-state index in [4.69, 9.17) is 4.74 Å². The molecular formula is C17H19N3O4. The maximum atomic E-state index is 12.2. The molecule has 0 saturated carbocycles. The highest BCUT2D eigenvalue weighted by Gasteiger charge is 2.43. The number of ether oxygens (including phenoxy) is 1. The fourth-order valence-corrected chi connectivity index (χ4v) is 2.74. The molecule has 1 fully saturated rings. The van der Waals surface area contributed by atoms with Crippen molar-refractivity contribution in [2.45, 2.75) is 32.3 Å². The molecule has 24 heavy (non-hydrogen) atoms. The van der Waals surface area contributed by atoms with E-state index in [1.54, 1.807) is 6.20 Å². The summed E-state index contributed by atoms with van der Waals surface area (Å²) in [4.78, 5) is 20.9. The van der Waals surface area contributed by atoms with Crippen molar-refractivity contribution in [3.05, 3.63) is 42.4 Å². The van der Waals surface area contributed by atoms with Gasteiger partial charge >= 0.3 is 0 Å². The Morgan fingerprint density at radius 2 is 2.25 bits per heavy atom. The number of carbonyl (C=O) groups is 1. The Morgan fingerprint density at radius 3 is 2.92 bits per heavy atom. The maximum absolute atomic E-state index is 12.2. The van der Waals surface area contributed by atoms with Crippen molar-refractivity contribution in [3.8, 4) is 0 Å². The predicted molar refractivity (Wildman–Crippen MR) is 88.0 cm³/mol. The van der Waals surface area contributed by atoms with Crippen LogP contribution in [0.1, 0.15) is 25.6 Å². The molecule has 7 nitrogen and oxygen atoms in total. The van der Waals surface area contributed by atoms with Crippen LogP contribution in [0.15, 0.2) is 36.8 Å². The van der Waals surface area contributed by atoms with Gasteiger partial charge in [0.25, 0.3) is 0 Å². The zero-order chi connectivity index (χ0) is 17.3. The number of nitrogens with zero attached hydrogens (tertiary/aromatic N) is 3. The van der Waals surface area contributed by atoms with E-state index >= 15 is 0 Å². The lowest BCUT2D eigenvalue weighted by Gasteiger charge is -2.12. The molecular weight excluding hydrogens is 310 g/mol. The molecule has 0 radical (unpaired) electrons. The molecule has 0 bridgehead atoms. The maximum Gasteiger partial charge on any atom is 0.213 e. The van der Waals surface area contributed by atoms with Gasteiger partial charge in [-0.05, 0) is 25.5 Å². The van der Waals surface area contributed by atoms with Crippen molar-refractivity contribution in [1.82, 2.24) is 14.5 Å². The molecule has 0 amide bonds. The summed E-state index contributed by atoms with van der Waals surface area (Å²) in [5, 5.41) is 19.0. The van der Waals surface area contributed by atoms with Crippen molar-refractivity contribution in [2.24, 2.45) is 0 Å². The van der Waals surface area contributed by atoms with Gasteiger partial charge in [-0.25, -0.2) is 9.97 Å². The lowest BCUT2D eigenvalue weighted by Crippen LogP contribution is -2.29. The fraction of sp³-hybridized carbons (Fsp3) is 0.353. The van der Waals surface area contributed by atoms with E-state index in [9.17, 15) is 15.0 Å². The van der Waals surface area contributed by atoms with E-state index in [1.807, 2.05) is 38.1 Å². The molecule has 2 N–H and O–H groups in total. The predicted octanol–water partition coefficient (Wildman–Crippen LogP) is 1.23. The lowest BCUT2D eigenvalue weighted by molar-refractivity contribution is -0.130. The van der Waals surface area contributed by atoms with Crippen LogP contribution in [0.3, 0.4) is 0 Å². The van der Waals surface area contributed by atoms with E-state index in [0.717, 1.165) is 11.1 Å². The number of aliphatic hydroxyl groups excluding tert-OH is 2. The van der Waals surface area contributed by atoms with E-state index in [0.29, 0.717) is 11.2 Å². The van der Waals surface area contributed by atoms with Crippen LogP contribution in [0.2, 0.25) is 0 Å². The average Bonchev–Trinajstić information content (AvgIpc) is 3.14. The van der Waals surface area contributed by atoms with Crippen molar-refractivity contribution in [1.29, 1.82) is 0 Å². The number of rotatable bonds is 4. The number of ketones is 1. The Bertz CT molecular complexity index is 824. The van der Waals surface area contributed by atoms with Gasteiger partial charge in [-0.3, -0.25) is 9.36 Å². The van der Waals surface area contributed by atoms with Crippen LogP contribution in [0, 0.1) is 0 Å². The van der Waals surface area contributed by atoms with E-state index < -0.39 is 30.8 Å². The zero-order valence-electron chi connectivity index (χ0n) is 13.5. The fourth-order valence-electron chi connectivity index (χ4n) is 2.74. The van der Waals surface area contributed by atoms with Gasteiger partial charge in [-0.1, -0.05) is 18.2 Å². The minimum atomic E-state index is -1.35. The molecule has 1 unspecified atom stereocenters. The number of imidazole rings is 1. The first-order valence-corrected chi connectivity index (χ1v) is 7.68. The molecule has 0 aromatic carbocycles. The molecule has 3 heterocycles. The Balaban J connectivity index is 2.05. The first-order valence-electron chi connectivity index (χ1n) is 7.68. The van der Waals surface area contributed by atoms with E-state index in [1.165, 1.54) is 10.9 Å². The molecule has 0 aliphatic carbocycles. The monoisotopic (exact) mass is 329 g/mol. The highest BCUT2D eigenvalue weighted by atomic mass is 16.5. The van der Waals surface area contributed by atoms with Gasteiger partial charge in [0.15, 0.2) is 11.9 Å². The molecule has 1 aliphatic heterocycles. The summed E-state index contributed by atoms with van der Waals surface area (Å²) in [6.07, 6.45) is 5.63. The van der Waals surface area contributed by atoms with Crippen LogP contribution in [-0.4, -0.2) is 49.3 Å². The average molecular weight is 329 g/mol. The highest BCUT2D eigenvalue weighted by molar-refractivity contribution is 5.91. The molecule has 0 spiro atoms. The minimum Gasteiger partial charge on any atom is -0.394 e. The Labute approximate surface area is 138 Å². The van der Waals surface area contributed by atoms with Gasteiger partial charge in [-0.2, -0.15) is 0 Å². The Hall–Kier alpha value is -2.35. The quantitative estimate of drug-likeness (QED) is 0.819. The summed E-state index contributed by atoms with van der Waals surface area (Å²) >= 11 is 0. The summed E-state index contributed by atoms with van der Waals surface area (Å²) in [5.74, 6) is -0.512. The van der Waals surface area contributed by atoms with E-state index in [2.05, 4.69) is 9.97 Å². The van der Waals surface area contributed by atoms with Crippen LogP contribution < -0.4 is 0 Å². The summed E-state index contributed by atoms with van der Waals surface area (Å²) in [7, 11) is 0. The molecule has 3 atom stereocenters. The number of pyridine rings is 1. The summed E-state index contributed by atoms with van der Waals surface area (Å²) < 4.78 is 6.95. The number of fused-ring (bicyclic) bond motifs is 1. The summed E-state index contributed by atoms with van der Waals surface area (Å²) in [5.41, 5.74) is 3.05. The SMILES string of the molecule is C/C=C\C=C(/C)c1ccnc2c1ncn2[C@@H]1O[C@H](CO)C(O)C1=O. The molecule has 7 heteroatoms. The second-order valence-electron chi connectivity index (χ2n) is 5.61. The van der Waals surface area contributed by atoms with Crippen molar-refractivity contribution in [2.75, 3.05) is 6.61 Å². The number of aliphatic hydroxyl groups is 2. The molecule has 126 valence electrons. The molecule has 1 aliphatic rings. The minimum absolute atomic E-state index is 0.431. The third kappa shape index (κ3) is 2.66. The first kappa shape index (κ1) is 16.5. The van der Waals surface area contributed by atoms with Gasteiger partial charge in [0.1, 0.15) is 17.7 Å². The van der Waals surface area contributed by atoms with Gasteiger partial charge in [-0.15, -0.1) is 0 Å². The number of hydrogen-bond donors (Lipinski definition) is 2. The van der Waals surface area contributed by atoms with Gasteiger partial charge in [0.05, 0.1) is 12.9 Å². The molecule has 2 aromatic heterocycles. The molecule has 2 aromatic rings. The number of hydrogen-bond acceptors (Lipinski definition) is 6. The van der Waals surface area contributed by atoms with Gasteiger partial charge in [0.2, 0.25) is 5.78 Å². The smallest absolute Gasteiger partial charge is 0.213 e. The lowest BCUT2D eigenvalue weighted by atomic mass is 10.1. The first-order chi connectivity index (χ1) is 11.6. The third-order valence-corrected chi connectivity index (χ3v) is 4.05. The number of Topliss-reactive ketones (excluding diaryl/α,β-unsaturated/α-hetero) is 1. The largest absolute Gasteiger partial charge is 0.394 e. The van der Waals surface area contributed by atoms with Crippen LogP contribution >= 0.6 is 0 Å². The van der Waals surface area contributed by atoms with Crippen molar-refractivity contribution >= 4 is 22.5 Å². The van der Waals surface area contributed by atoms with Crippen molar-refractivity contribution < 1.29 is 19.7 Å². The van der Waals surface area contributed by atoms with Crippen LogP contribution in [-0.2, 0) is 9.53 Å². The normalized spacial score (nSPS) is 25.2. The molecule has 1 saturated heterocycles. The standard InChI is InChI=1S/C17H19N3O4/c1-3-4-5-10(2)11-6-7-18-16-13(11)19-9-20(16)17-15(23)14(22)12(8-21)24-17/h3-7,9,12,14,17,21-22H,8H2,1-2H3/b4-3-,10-5+/t12-,14?,17-/m1/s1. The van der Waals surface area contributed by atoms with E-state index in [-0.39, 0.29) is 0 Å². The second-order valence-corrected chi connectivity index (χ2v) is 5.61. The Morgan fingerprint density at radius 1 is 1.46 bits per heavy atom. The zero-order valence-corrected chi connectivity index (χ0v) is 13.5. The number of aromatic nitrogens is 3. The second kappa shape index (κ2) is 6.64. The summed E-state index contributed by atoms with van der Waals surface area (Å²) in [6, 6.07) is 1.86. The van der Waals surface area contributed by atoms with Crippen molar-refractivity contribution in [3.63, 3.8) is 0 Å². The highest BCUT2D eigenvalue weighted by Crippen LogP contribution is 2.30. The van der Waals surface area contributed by atoms with Gasteiger partial charge in [0, 0.05) is 11.8 Å². The third-order valence-electron chi connectivity index (χ3n) is 4.05. The topological polar surface area (TPSA) is 97.5 Å². The molecule has 3 rings (SSSR count). The van der Waals surface area contributed by atoms with Crippen LogP contribution in [0.4, 0.5) is 0 Å². The van der Waals surface area contributed by atoms with Crippen LogP contribution in [0.25, 0.3) is 16.7 Å².